The summed E-state index contributed by atoms with van der Waals surface area (Å²) < 4.78 is 0. The van der Waals surface area contributed by atoms with E-state index in [1.54, 1.807) is 4.90 Å². The first-order valence-corrected chi connectivity index (χ1v) is 13.6. The number of amides is 4. The zero-order valence-corrected chi connectivity index (χ0v) is 22.1. The molecular formula is C28H46N4O3. The lowest BCUT2D eigenvalue weighted by Gasteiger charge is -2.41. The molecule has 7 nitrogen and oxygen atoms in total. The molecule has 1 aliphatic rings. The van der Waals surface area contributed by atoms with Crippen LogP contribution in [0.5, 0.6) is 0 Å². The van der Waals surface area contributed by atoms with Crippen LogP contribution in [0.2, 0.25) is 0 Å². The Kier molecular flexibility index (Phi) is 13.2. The molecule has 0 saturated carbocycles. The van der Waals surface area contributed by atoms with Gasteiger partial charge in [-0.25, -0.2) is 4.79 Å². The van der Waals surface area contributed by atoms with Crippen molar-refractivity contribution in [2.24, 2.45) is 0 Å². The third kappa shape index (κ3) is 10.3. The van der Waals surface area contributed by atoms with Gasteiger partial charge < -0.3 is 20.4 Å². The summed E-state index contributed by atoms with van der Waals surface area (Å²) in [6.45, 7) is 8.38. The van der Waals surface area contributed by atoms with Crippen molar-refractivity contribution in [2.45, 2.75) is 97.1 Å². The minimum atomic E-state index is -0.595. The maximum absolute atomic E-state index is 13.5. The third-order valence-electron chi connectivity index (χ3n) is 6.68. The number of benzene rings is 1. The van der Waals surface area contributed by atoms with Crippen LogP contribution >= 0.6 is 0 Å². The van der Waals surface area contributed by atoms with E-state index in [1.165, 1.54) is 19.3 Å². The summed E-state index contributed by atoms with van der Waals surface area (Å²) in [5.74, 6) is -0.125. The number of nitrogens with one attached hydrogen (secondary N) is 2. The highest BCUT2D eigenvalue weighted by Crippen LogP contribution is 2.14. The molecule has 7 heteroatoms. The first kappa shape index (κ1) is 28.7. The van der Waals surface area contributed by atoms with E-state index in [0.29, 0.717) is 39.0 Å². The van der Waals surface area contributed by atoms with Crippen LogP contribution in [0.3, 0.4) is 0 Å². The van der Waals surface area contributed by atoms with Gasteiger partial charge in [-0.2, -0.15) is 0 Å². The van der Waals surface area contributed by atoms with Gasteiger partial charge in [-0.1, -0.05) is 82.7 Å². The fourth-order valence-electron chi connectivity index (χ4n) is 4.54. The van der Waals surface area contributed by atoms with Crippen LogP contribution in [0, 0.1) is 0 Å². The van der Waals surface area contributed by atoms with E-state index in [2.05, 4.69) is 24.5 Å². The van der Waals surface area contributed by atoms with Crippen LogP contribution < -0.4 is 10.6 Å². The standard InChI is InChI=1S/C28H46N4O3/c1-4-6-8-9-10-14-17-26(33)30-25(21-24-15-12-11-13-16-24)27(34)31-19-20-32(23(3)22-31)28(35)29-18-7-5-2/h11-13,15-16,23,25H,4-10,14,17-22H2,1-3H3,(H,29,35)(H,30,33). The van der Waals surface area contributed by atoms with E-state index in [-0.39, 0.29) is 23.9 Å². The van der Waals surface area contributed by atoms with Crippen LogP contribution in [0.15, 0.2) is 30.3 Å². The zero-order chi connectivity index (χ0) is 25.5. The summed E-state index contributed by atoms with van der Waals surface area (Å²) in [4.78, 5) is 42.4. The Hall–Kier alpha value is -2.57. The number of hydrogen-bond donors (Lipinski definition) is 2. The second-order valence-corrected chi connectivity index (χ2v) is 9.74. The molecular weight excluding hydrogens is 440 g/mol. The maximum atomic E-state index is 13.5. The van der Waals surface area contributed by atoms with Gasteiger partial charge in [0.05, 0.1) is 0 Å². The molecule has 0 aliphatic carbocycles. The second kappa shape index (κ2) is 16.2. The molecule has 2 rings (SSSR count). The number of urea groups is 1. The van der Waals surface area contributed by atoms with E-state index < -0.39 is 6.04 Å². The predicted molar refractivity (Wildman–Crippen MR) is 141 cm³/mol. The van der Waals surface area contributed by atoms with E-state index >= 15 is 0 Å². The first-order valence-electron chi connectivity index (χ1n) is 13.6. The molecule has 1 aromatic rings. The van der Waals surface area contributed by atoms with Crippen LogP contribution in [0.4, 0.5) is 4.79 Å². The van der Waals surface area contributed by atoms with Crippen molar-refractivity contribution in [1.82, 2.24) is 20.4 Å². The number of rotatable bonds is 14. The molecule has 0 radical (unpaired) electrons. The molecule has 0 bridgehead atoms. The van der Waals surface area contributed by atoms with Crippen molar-refractivity contribution < 1.29 is 14.4 Å². The molecule has 0 aromatic heterocycles. The number of unbranched alkanes of at least 4 members (excludes halogenated alkanes) is 6. The Morgan fingerprint density at radius 1 is 0.943 bits per heavy atom. The van der Waals surface area contributed by atoms with Crippen molar-refractivity contribution in [3.05, 3.63) is 35.9 Å². The fourth-order valence-corrected chi connectivity index (χ4v) is 4.54. The normalized spacial score (nSPS) is 16.6. The molecule has 35 heavy (non-hydrogen) atoms. The molecule has 1 saturated heterocycles. The van der Waals surface area contributed by atoms with Crippen molar-refractivity contribution >= 4 is 17.8 Å². The van der Waals surface area contributed by atoms with Crippen LogP contribution in [-0.4, -0.2) is 65.9 Å². The van der Waals surface area contributed by atoms with Gasteiger partial charge in [0.2, 0.25) is 11.8 Å². The van der Waals surface area contributed by atoms with E-state index in [0.717, 1.165) is 37.7 Å². The summed E-state index contributed by atoms with van der Waals surface area (Å²) in [6.07, 6.45) is 9.63. The summed E-state index contributed by atoms with van der Waals surface area (Å²) in [5, 5.41) is 6.00. The molecule has 0 spiro atoms. The zero-order valence-electron chi connectivity index (χ0n) is 22.1. The average Bonchev–Trinajstić information content (AvgIpc) is 2.86. The van der Waals surface area contributed by atoms with Gasteiger partial charge in [-0.3, -0.25) is 9.59 Å². The lowest BCUT2D eigenvalue weighted by Crippen LogP contribution is -2.60. The Morgan fingerprint density at radius 2 is 1.63 bits per heavy atom. The van der Waals surface area contributed by atoms with E-state index in [1.807, 2.05) is 42.2 Å². The Morgan fingerprint density at radius 3 is 2.31 bits per heavy atom. The van der Waals surface area contributed by atoms with E-state index in [4.69, 9.17) is 0 Å². The minimum absolute atomic E-state index is 0.0586. The van der Waals surface area contributed by atoms with Gasteiger partial charge in [-0.15, -0.1) is 0 Å². The average molecular weight is 487 g/mol. The monoisotopic (exact) mass is 486 g/mol. The lowest BCUT2D eigenvalue weighted by molar-refractivity contribution is -0.138. The molecule has 1 heterocycles. The molecule has 2 N–H and O–H groups in total. The summed E-state index contributed by atoms with van der Waals surface area (Å²) in [7, 11) is 0. The lowest BCUT2D eigenvalue weighted by atomic mass is 10.0. The maximum Gasteiger partial charge on any atom is 0.317 e. The van der Waals surface area contributed by atoms with Gasteiger partial charge in [0.1, 0.15) is 6.04 Å². The predicted octanol–water partition coefficient (Wildman–Crippen LogP) is 4.51. The number of hydrogen-bond acceptors (Lipinski definition) is 3. The van der Waals surface area contributed by atoms with Crippen LogP contribution in [0.1, 0.15) is 84.1 Å². The highest BCUT2D eigenvalue weighted by molar-refractivity contribution is 5.88. The summed E-state index contributed by atoms with van der Waals surface area (Å²) in [5.41, 5.74) is 1.02. The Balaban J connectivity index is 1.94. The molecule has 4 amide bonds. The van der Waals surface area contributed by atoms with Crippen LogP contribution in [-0.2, 0) is 16.0 Å². The summed E-state index contributed by atoms with van der Waals surface area (Å²) in [6, 6.07) is 9.09. The number of piperazine rings is 1. The largest absolute Gasteiger partial charge is 0.344 e. The van der Waals surface area contributed by atoms with Gasteiger partial charge >= 0.3 is 6.03 Å². The SMILES string of the molecule is CCCCCCCCC(=O)NC(Cc1ccccc1)C(=O)N1CCN(C(=O)NCCCC)C(C)C1. The molecule has 1 aliphatic heterocycles. The second-order valence-electron chi connectivity index (χ2n) is 9.74. The van der Waals surface area contributed by atoms with Crippen LogP contribution in [0.25, 0.3) is 0 Å². The number of carbonyl (C=O) groups excluding carboxylic acids is 3. The quantitative estimate of drug-likeness (QED) is 0.380. The Labute approximate surface area is 212 Å². The topological polar surface area (TPSA) is 81.8 Å². The van der Waals surface area contributed by atoms with Gasteiger partial charge in [0, 0.05) is 45.1 Å². The van der Waals surface area contributed by atoms with Crippen molar-refractivity contribution in [3.8, 4) is 0 Å². The Bertz CT molecular complexity index is 771. The van der Waals surface area contributed by atoms with Crippen molar-refractivity contribution in [2.75, 3.05) is 26.2 Å². The van der Waals surface area contributed by atoms with Crippen molar-refractivity contribution in [3.63, 3.8) is 0 Å². The minimum Gasteiger partial charge on any atom is -0.344 e. The fraction of sp³-hybridized carbons (Fsp3) is 0.679. The van der Waals surface area contributed by atoms with Gasteiger partial charge in [0.15, 0.2) is 0 Å². The van der Waals surface area contributed by atoms with E-state index in [9.17, 15) is 14.4 Å². The third-order valence-corrected chi connectivity index (χ3v) is 6.68. The highest BCUT2D eigenvalue weighted by Gasteiger charge is 2.33. The molecule has 1 fully saturated rings. The molecule has 2 atom stereocenters. The smallest absolute Gasteiger partial charge is 0.317 e. The van der Waals surface area contributed by atoms with Crippen molar-refractivity contribution in [1.29, 1.82) is 0 Å². The number of carbonyl (C=O) groups is 3. The van der Waals surface area contributed by atoms with Gasteiger partial charge in [-0.05, 0) is 25.3 Å². The van der Waals surface area contributed by atoms with Gasteiger partial charge in [0.25, 0.3) is 0 Å². The summed E-state index contributed by atoms with van der Waals surface area (Å²) >= 11 is 0. The number of nitrogens with zero attached hydrogens (tertiary/aromatic N) is 2. The highest BCUT2D eigenvalue weighted by atomic mass is 16.2. The molecule has 2 unspecified atom stereocenters. The first-order chi connectivity index (χ1) is 17.0. The molecule has 196 valence electrons. The molecule has 1 aromatic carbocycles.